The lowest BCUT2D eigenvalue weighted by Crippen LogP contribution is -2.54. The van der Waals surface area contributed by atoms with E-state index in [0.29, 0.717) is 33.4 Å². The number of para-hydroxylation sites is 1. The molecule has 0 aliphatic heterocycles. The summed E-state index contributed by atoms with van der Waals surface area (Å²) in [4.78, 5) is 30.0. The van der Waals surface area contributed by atoms with Gasteiger partial charge in [-0.15, -0.1) is 0 Å². The Morgan fingerprint density at radius 1 is 0.804 bits per heavy atom. The van der Waals surface area contributed by atoms with E-state index in [1.807, 2.05) is 51.1 Å². The smallest absolute Gasteiger partial charge is 0.264 e. The highest BCUT2D eigenvalue weighted by Gasteiger charge is 2.35. The Balaban J connectivity index is 1.84. The van der Waals surface area contributed by atoms with Crippen LogP contribution in [0.2, 0.25) is 10.0 Å². The van der Waals surface area contributed by atoms with Gasteiger partial charge in [0.1, 0.15) is 12.6 Å². The number of carbonyl (C=O) groups excluding carboxylic acids is 2. The number of benzene rings is 4. The maximum atomic E-state index is 14.6. The molecule has 4 rings (SSSR count). The Morgan fingerprint density at radius 2 is 1.41 bits per heavy atom. The minimum Gasteiger partial charge on any atom is -0.354 e. The van der Waals surface area contributed by atoms with Crippen LogP contribution in [0.1, 0.15) is 36.1 Å². The van der Waals surface area contributed by atoms with Crippen LogP contribution in [-0.2, 0) is 32.6 Å². The molecule has 0 saturated heterocycles. The molecule has 4 aromatic rings. The third kappa shape index (κ3) is 8.69. The minimum atomic E-state index is -4.20. The van der Waals surface area contributed by atoms with Crippen LogP contribution in [0.4, 0.5) is 5.69 Å². The Hall–Kier alpha value is -3.85. The average molecular weight is 681 g/mol. The molecule has 0 bridgehead atoms. The van der Waals surface area contributed by atoms with Crippen molar-refractivity contribution in [1.82, 2.24) is 10.2 Å². The summed E-state index contributed by atoms with van der Waals surface area (Å²) in [7, 11) is -4.20. The van der Waals surface area contributed by atoms with Crippen molar-refractivity contribution in [3.63, 3.8) is 0 Å². The second kappa shape index (κ2) is 15.6. The molecule has 0 spiro atoms. The predicted molar refractivity (Wildman–Crippen MR) is 186 cm³/mol. The van der Waals surface area contributed by atoms with Crippen molar-refractivity contribution in [2.24, 2.45) is 5.92 Å². The van der Waals surface area contributed by atoms with Gasteiger partial charge in [-0.3, -0.25) is 13.9 Å². The summed E-state index contributed by atoms with van der Waals surface area (Å²) in [5.41, 5.74) is 3.21. The number of hydrogen-bond acceptors (Lipinski definition) is 4. The second-order valence-corrected chi connectivity index (χ2v) is 14.4. The van der Waals surface area contributed by atoms with Gasteiger partial charge in [-0.1, -0.05) is 109 Å². The summed E-state index contributed by atoms with van der Waals surface area (Å²) < 4.78 is 29.6. The highest BCUT2D eigenvalue weighted by molar-refractivity contribution is 7.92. The number of carbonyl (C=O) groups is 2. The summed E-state index contributed by atoms with van der Waals surface area (Å²) in [6.07, 6.45) is 0.188. The summed E-state index contributed by atoms with van der Waals surface area (Å²) in [6.45, 7) is 7.34. The van der Waals surface area contributed by atoms with Crippen molar-refractivity contribution in [3.05, 3.63) is 129 Å². The van der Waals surface area contributed by atoms with E-state index in [1.165, 1.54) is 17.0 Å². The number of anilines is 1. The van der Waals surface area contributed by atoms with Crippen LogP contribution in [0.15, 0.2) is 102 Å². The lowest BCUT2D eigenvalue weighted by molar-refractivity contribution is -0.140. The second-order valence-electron chi connectivity index (χ2n) is 11.7. The number of halogens is 2. The van der Waals surface area contributed by atoms with Crippen LogP contribution in [0, 0.1) is 19.8 Å². The molecule has 10 heteroatoms. The third-order valence-electron chi connectivity index (χ3n) is 7.62. The number of aryl methyl sites for hydroxylation is 2. The molecule has 2 amide bonds. The Labute approximate surface area is 282 Å². The lowest BCUT2D eigenvalue weighted by atomic mass is 10.0. The number of sulfonamides is 1. The number of hydrogen-bond donors (Lipinski definition) is 1. The van der Waals surface area contributed by atoms with Gasteiger partial charge >= 0.3 is 0 Å². The first-order valence-corrected chi connectivity index (χ1v) is 17.3. The van der Waals surface area contributed by atoms with Gasteiger partial charge in [0.2, 0.25) is 11.8 Å². The number of rotatable bonds is 13. The third-order valence-corrected chi connectivity index (χ3v) is 10.1. The average Bonchev–Trinajstić information content (AvgIpc) is 3.02. The number of nitrogens with one attached hydrogen (secondary N) is 1. The molecular weight excluding hydrogens is 641 g/mol. The van der Waals surface area contributed by atoms with Crippen LogP contribution in [-0.4, -0.2) is 44.3 Å². The van der Waals surface area contributed by atoms with Gasteiger partial charge in [0.15, 0.2) is 0 Å². The van der Waals surface area contributed by atoms with Gasteiger partial charge in [0.05, 0.1) is 10.6 Å². The molecule has 0 heterocycles. The molecule has 0 radical (unpaired) electrons. The van der Waals surface area contributed by atoms with E-state index < -0.39 is 28.5 Å². The molecule has 0 aromatic heterocycles. The fourth-order valence-corrected chi connectivity index (χ4v) is 7.02. The first kappa shape index (κ1) is 35.0. The Kier molecular flexibility index (Phi) is 11.9. The molecular formula is C36H39Cl2N3O4S. The van der Waals surface area contributed by atoms with Crippen LogP contribution in [0.5, 0.6) is 0 Å². The van der Waals surface area contributed by atoms with Crippen LogP contribution in [0.3, 0.4) is 0 Å². The van der Waals surface area contributed by atoms with Gasteiger partial charge in [0, 0.05) is 35.1 Å². The fraction of sp³-hybridized carbons (Fsp3) is 0.278. The first-order chi connectivity index (χ1) is 21.9. The molecule has 0 fully saturated rings. The molecule has 1 atom stereocenters. The summed E-state index contributed by atoms with van der Waals surface area (Å²) >= 11 is 13.2. The van der Waals surface area contributed by atoms with Crippen molar-refractivity contribution in [2.75, 3.05) is 17.4 Å². The normalized spacial score (nSPS) is 12.1. The first-order valence-electron chi connectivity index (χ1n) is 15.1. The van der Waals surface area contributed by atoms with Gasteiger partial charge in [0.25, 0.3) is 10.0 Å². The van der Waals surface area contributed by atoms with Gasteiger partial charge in [-0.05, 0) is 61.2 Å². The van der Waals surface area contributed by atoms with E-state index in [0.717, 1.165) is 15.4 Å². The summed E-state index contributed by atoms with van der Waals surface area (Å²) in [5, 5.41) is 3.63. The molecule has 4 aromatic carbocycles. The van der Waals surface area contributed by atoms with Crippen molar-refractivity contribution < 1.29 is 18.0 Å². The molecule has 0 aliphatic rings. The highest BCUT2D eigenvalue weighted by atomic mass is 35.5. The number of nitrogens with zero attached hydrogens (tertiary/aromatic N) is 2. The molecule has 0 unspecified atom stereocenters. The zero-order chi connectivity index (χ0) is 33.4. The zero-order valence-corrected chi connectivity index (χ0v) is 28.7. The monoisotopic (exact) mass is 679 g/mol. The van der Waals surface area contributed by atoms with E-state index in [1.54, 1.807) is 61.5 Å². The molecule has 0 aliphatic carbocycles. The molecule has 0 saturated carbocycles. The topological polar surface area (TPSA) is 86.8 Å². The molecule has 1 N–H and O–H groups in total. The van der Waals surface area contributed by atoms with E-state index in [4.69, 9.17) is 23.2 Å². The minimum absolute atomic E-state index is 0.0466. The standard InChI is InChI=1S/C36H39Cl2N3O4S/c1-25(2)22-39-36(43)34(21-28-12-6-5-7-13-28)40(23-30-31(37)14-10-15-32(30)38)35(42)24-41(33-16-9-8-11-27(33)4)46(44,45)29-19-17-26(3)18-20-29/h5-20,25,34H,21-24H2,1-4H3,(H,39,43)/t34-/m0/s1. The number of amides is 2. The maximum Gasteiger partial charge on any atom is 0.264 e. The molecule has 7 nitrogen and oxygen atoms in total. The Bertz CT molecular complexity index is 1740. The van der Waals surface area contributed by atoms with E-state index in [-0.39, 0.29) is 29.7 Å². The van der Waals surface area contributed by atoms with Crippen LogP contribution in [0.25, 0.3) is 0 Å². The molecule has 46 heavy (non-hydrogen) atoms. The maximum absolute atomic E-state index is 14.6. The highest BCUT2D eigenvalue weighted by Crippen LogP contribution is 2.30. The quantitative estimate of drug-likeness (QED) is 0.162. The predicted octanol–water partition coefficient (Wildman–Crippen LogP) is 7.22. The van der Waals surface area contributed by atoms with E-state index in [2.05, 4.69) is 5.32 Å². The summed E-state index contributed by atoms with van der Waals surface area (Å²) in [6, 6.07) is 26.9. The van der Waals surface area contributed by atoms with Crippen molar-refractivity contribution in [2.45, 2.75) is 51.6 Å². The van der Waals surface area contributed by atoms with E-state index in [9.17, 15) is 18.0 Å². The largest absolute Gasteiger partial charge is 0.354 e. The SMILES string of the molecule is Cc1ccc(S(=O)(=O)N(CC(=O)N(Cc2c(Cl)cccc2Cl)[C@@H](Cc2ccccc2)C(=O)NCC(C)C)c2ccccc2C)cc1. The van der Waals surface area contributed by atoms with Crippen molar-refractivity contribution in [3.8, 4) is 0 Å². The van der Waals surface area contributed by atoms with Gasteiger partial charge in [-0.25, -0.2) is 8.42 Å². The lowest BCUT2D eigenvalue weighted by Gasteiger charge is -2.34. The zero-order valence-electron chi connectivity index (χ0n) is 26.4. The van der Waals surface area contributed by atoms with Crippen molar-refractivity contribution >= 4 is 50.7 Å². The van der Waals surface area contributed by atoms with Crippen molar-refractivity contribution in [1.29, 1.82) is 0 Å². The summed E-state index contributed by atoms with van der Waals surface area (Å²) in [5.74, 6) is -0.784. The van der Waals surface area contributed by atoms with Gasteiger partial charge in [-0.2, -0.15) is 0 Å². The van der Waals surface area contributed by atoms with Gasteiger partial charge < -0.3 is 10.2 Å². The van der Waals surface area contributed by atoms with E-state index >= 15 is 0 Å². The fourth-order valence-electron chi connectivity index (χ4n) is 5.02. The van der Waals surface area contributed by atoms with Crippen LogP contribution < -0.4 is 9.62 Å². The molecule has 242 valence electrons. The van der Waals surface area contributed by atoms with Crippen LogP contribution >= 0.6 is 23.2 Å². The Morgan fingerprint density at radius 3 is 2.02 bits per heavy atom.